The van der Waals surface area contributed by atoms with E-state index in [4.69, 9.17) is 0 Å². The van der Waals surface area contributed by atoms with Crippen molar-refractivity contribution in [1.29, 1.82) is 0 Å². The first-order chi connectivity index (χ1) is 14.2. The molecule has 0 radical (unpaired) electrons. The topological polar surface area (TPSA) is 80.1 Å². The summed E-state index contributed by atoms with van der Waals surface area (Å²) in [7, 11) is 0. The fourth-order valence-corrected chi connectivity index (χ4v) is 3.02. The van der Waals surface area contributed by atoms with Crippen molar-refractivity contribution in [2.45, 2.75) is 13.1 Å². The molecule has 0 saturated heterocycles. The molecule has 4 rings (SSSR count). The van der Waals surface area contributed by atoms with Gasteiger partial charge in [-0.25, -0.2) is 4.68 Å². The number of para-hydroxylation sites is 1. The number of nitrogens with zero attached hydrogens (tertiary/aromatic N) is 4. The lowest BCUT2D eigenvalue weighted by Gasteiger charge is -2.25. The van der Waals surface area contributed by atoms with Gasteiger partial charge in [-0.05, 0) is 29.8 Å². The molecule has 7 nitrogen and oxygen atoms in total. The first kappa shape index (κ1) is 18.4. The van der Waals surface area contributed by atoms with E-state index in [1.165, 1.54) is 0 Å². The van der Waals surface area contributed by atoms with Gasteiger partial charge in [-0.15, -0.1) is 5.10 Å². The standard InChI is InChI=1S/C22H19N5O2/c28-21(16-27-22(29)19-13-7-8-14-20(19)23-25-27)24-26(18-11-5-2-6-12-18)15-17-9-3-1-4-10-17/h1-14H,15-16H2,(H,24,28). The Bertz CT molecular complexity index is 1180. The van der Waals surface area contributed by atoms with E-state index in [0.29, 0.717) is 17.4 Å². The zero-order valence-corrected chi connectivity index (χ0v) is 15.6. The van der Waals surface area contributed by atoms with Crippen molar-refractivity contribution in [3.8, 4) is 0 Å². The van der Waals surface area contributed by atoms with Crippen LogP contribution in [0.2, 0.25) is 0 Å². The minimum absolute atomic E-state index is 0.227. The molecule has 1 aromatic heterocycles. The van der Waals surface area contributed by atoms with Gasteiger partial charge in [0, 0.05) is 0 Å². The number of carbonyl (C=O) groups excluding carboxylic acids is 1. The van der Waals surface area contributed by atoms with Crippen LogP contribution in [-0.4, -0.2) is 20.9 Å². The molecule has 0 aliphatic carbocycles. The van der Waals surface area contributed by atoms with Gasteiger partial charge in [0.05, 0.1) is 17.6 Å². The van der Waals surface area contributed by atoms with Crippen LogP contribution in [0.25, 0.3) is 10.9 Å². The number of rotatable bonds is 6. The van der Waals surface area contributed by atoms with Crippen LogP contribution in [-0.2, 0) is 17.9 Å². The van der Waals surface area contributed by atoms with E-state index in [-0.39, 0.29) is 18.0 Å². The molecule has 1 amide bonds. The molecule has 0 unspecified atom stereocenters. The highest BCUT2D eigenvalue weighted by atomic mass is 16.2. The monoisotopic (exact) mass is 385 g/mol. The SMILES string of the molecule is O=C(Cn1nnc2ccccc2c1=O)NN(Cc1ccccc1)c1ccccc1. The van der Waals surface area contributed by atoms with Gasteiger partial charge in [0.2, 0.25) is 0 Å². The molecule has 0 atom stereocenters. The number of hydrazine groups is 1. The van der Waals surface area contributed by atoms with Crippen LogP contribution in [0.3, 0.4) is 0 Å². The van der Waals surface area contributed by atoms with Gasteiger partial charge in [0.25, 0.3) is 11.5 Å². The van der Waals surface area contributed by atoms with Gasteiger partial charge >= 0.3 is 0 Å². The third-order valence-corrected chi connectivity index (χ3v) is 4.43. The summed E-state index contributed by atoms with van der Waals surface area (Å²) in [4.78, 5) is 25.3. The normalized spacial score (nSPS) is 10.6. The average molecular weight is 385 g/mol. The third kappa shape index (κ3) is 4.30. The van der Waals surface area contributed by atoms with Crippen molar-refractivity contribution in [3.63, 3.8) is 0 Å². The molecule has 144 valence electrons. The Balaban J connectivity index is 1.55. The van der Waals surface area contributed by atoms with Crippen molar-refractivity contribution >= 4 is 22.5 Å². The maximum atomic E-state index is 12.7. The number of fused-ring (bicyclic) bond motifs is 1. The van der Waals surface area contributed by atoms with Crippen LogP contribution in [0, 0.1) is 0 Å². The Kier molecular flexibility index (Phi) is 5.29. The van der Waals surface area contributed by atoms with E-state index < -0.39 is 0 Å². The minimum Gasteiger partial charge on any atom is -0.281 e. The highest BCUT2D eigenvalue weighted by Gasteiger charge is 2.14. The molecule has 0 aliphatic rings. The van der Waals surface area contributed by atoms with Crippen molar-refractivity contribution in [2.75, 3.05) is 5.01 Å². The molecule has 3 aromatic carbocycles. The molecule has 0 spiro atoms. The first-order valence-electron chi connectivity index (χ1n) is 9.19. The van der Waals surface area contributed by atoms with Crippen LogP contribution in [0.15, 0.2) is 89.7 Å². The number of carbonyl (C=O) groups is 1. The molecule has 0 fully saturated rings. The molecule has 0 bridgehead atoms. The van der Waals surface area contributed by atoms with Gasteiger partial charge in [0.1, 0.15) is 12.1 Å². The summed E-state index contributed by atoms with van der Waals surface area (Å²) in [6.07, 6.45) is 0. The Morgan fingerprint density at radius 2 is 1.55 bits per heavy atom. The largest absolute Gasteiger partial charge is 0.281 e. The second-order valence-corrected chi connectivity index (χ2v) is 6.51. The van der Waals surface area contributed by atoms with Gasteiger partial charge in [-0.1, -0.05) is 65.9 Å². The van der Waals surface area contributed by atoms with Crippen LogP contribution < -0.4 is 16.0 Å². The summed E-state index contributed by atoms with van der Waals surface area (Å²) in [6, 6.07) is 26.3. The average Bonchev–Trinajstić information content (AvgIpc) is 2.77. The van der Waals surface area contributed by atoms with Gasteiger partial charge in [-0.3, -0.25) is 20.0 Å². The lowest BCUT2D eigenvalue weighted by Crippen LogP contribution is -2.45. The number of benzene rings is 3. The quantitative estimate of drug-likeness (QED) is 0.516. The van der Waals surface area contributed by atoms with Crippen LogP contribution in [0.1, 0.15) is 5.56 Å². The van der Waals surface area contributed by atoms with E-state index in [2.05, 4.69) is 15.7 Å². The van der Waals surface area contributed by atoms with Gasteiger partial charge in [-0.2, -0.15) is 0 Å². The van der Waals surface area contributed by atoms with Crippen molar-refractivity contribution in [2.24, 2.45) is 0 Å². The number of anilines is 1. The fraction of sp³-hybridized carbons (Fsp3) is 0.0909. The van der Waals surface area contributed by atoms with Gasteiger partial charge < -0.3 is 0 Å². The van der Waals surface area contributed by atoms with Crippen LogP contribution in [0.5, 0.6) is 0 Å². The molecular weight excluding hydrogens is 366 g/mol. The van der Waals surface area contributed by atoms with Gasteiger partial charge in [0.15, 0.2) is 0 Å². The van der Waals surface area contributed by atoms with Crippen LogP contribution in [0.4, 0.5) is 5.69 Å². The maximum absolute atomic E-state index is 12.7. The Hall–Kier alpha value is -4.00. The van der Waals surface area contributed by atoms with E-state index in [1.54, 1.807) is 29.3 Å². The molecule has 1 heterocycles. The summed E-state index contributed by atoms with van der Waals surface area (Å²) < 4.78 is 1.07. The highest BCUT2D eigenvalue weighted by molar-refractivity contribution is 5.79. The summed E-state index contributed by atoms with van der Waals surface area (Å²) in [5.41, 5.74) is 4.91. The predicted molar refractivity (Wildman–Crippen MR) is 111 cm³/mol. The molecule has 29 heavy (non-hydrogen) atoms. The van der Waals surface area contributed by atoms with E-state index in [0.717, 1.165) is 15.9 Å². The van der Waals surface area contributed by atoms with E-state index >= 15 is 0 Å². The number of amides is 1. The summed E-state index contributed by atoms with van der Waals surface area (Å²) >= 11 is 0. The van der Waals surface area contributed by atoms with E-state index in [9.17, 15) is 9.59 Å². The molecule has 4 aromatic rings. The van der Waals surface area contributed by atoms with Crippen molar-refractivity contribution < 1.29 is 4.79 Å². The Morgan fingerprint density at radius 1 is 0.897 bits per heavy atom. The summed E-state index contributed by atoms with van der Waals surface area (Å²) in [5.74, 6) is -0.364. The minimum atomic E-state index is -0.364. The van der Waals surface area contributed by atoms with E-state index in [1.807, 2.05) is 60.7 Å². The second kappa shape index (κ2) is 8.35. The predicted octanol–water partition coefficient (Wildman–Crippen LogP) is 2.53. The Morgan fingerprint density at radius 3 is 2.31 bits per heavy atom. The fourth-order valence-electron chi connectivity index (χ4n) is 3.02. The van der Waals surface area contributed by atoms with Crippen molar-refractivity contribution in [1.82, 2.24) is 20.4 Å². The number of hydrogen-bond acceptors (Lipinski definition) is 5. The number of hydrogen-bond donors (Lipinski definition) is 1. The summed E-state index contributed by atoms with van der Waals surface area (Å²) in [5, 5.41) is 10.1. The number of aromatic nitrogens is 3. The zero-order chi connectivity index (χ0) is 20.1. The molecular formula is C22H19N5O2. The summed E-state index contributed by atoms with van der Waals surface area (Å²) in [6.45, 7) is 0.254. The zero-order valence-electron chi connectivity index (χ0n) is 15.6. The lowest BCUT2D eigenvalue weighted by atomic mass is 10.2. The first-order valence-corrected chi connectivity index (χ1v) is 9.19. The van der Waals surface area contributed by atoms with Crippen LogP contribution >= 0.6 is 0 Å². The molecule has 0 saturated carbocycles. The highest BCUT2D eigenvalue weighted by Crippen LogP contribution is 2.14. The molecule has 0 aliphatic heterocycles. The Labute approximate surface area is 167 Å². The molecule has 1 N–H and O–H groups in total. The third-order valence-electron chi connectivity index (χ3n) is 4.43. The lowest BCUT2D eigenvalue weighted by molar-refractivity contribution is -0.122. The number of nitrogens with one attached hydrogen (secondary N) is 1. The smallest absolute Gasteiger partial charge is 0.278 e. The maximum Gasteiger partial charge on any atom is 0.278 e. The molecule has 7 heteroatoms. The second-order valence-electron chi connectivity index (χ2n) is 6.51. The van der Waals surface area contributed by atoms with Crippen molar-refractivity contribution in [3.05, 3.63) is 101 Å².